The summed E-state index contributed by atoms with van der Waals surface area (Å²) in [4.78, 5) is 0.349. The summed E-state index contributed by atoms with van der Waals surface area (Å²) in [6, 6.07) is 7.13. The highest BCUT2D eigenvalue weighted by atomic mass is 32.2. The lowest BCUT2D eigenvalue weighted by atomic mass is 10.1. The van der Waals surface area contributed by atoms with Crippen molar-refractivity contribution in [2.75, 3.05) is 6.54 Å². The molecule has 1 aromatic rings. The molecule has 4 nitrogen and oxygen atoms in total. The van der Waals surface area contributed by atoms with E-state index in [9.17, 15) is 8.42 Å². The summed E-state index contributed by atoms with van der Waals surface area (Å²) in [6.45, 7) is 7.65. The first-order valence-electron chi connectivity index (χ1n) is 7.35. The largest absolute Gasteiger partial charge is 0.313 e. The van der Waals surface area contributed by atoms with E-state index in [1.165, 1.54) is 0 Å². The molecule has 0 spiro atoms. The molecule has 20 heavy (non-hydrogen) atoms. The Labute approximate surface area is 123 Å². The molecule has 0 saturated heterocycles. The second-order valence-electron chi connectivity index (χ2n) is 4.94. The van der Waals surface area contributed by atoms with Crippen LogP contribution in [0.1, 0.15) is 45.6 Å². The lowest BCUT2D eigenvalue weighted by molar-refractivity contribution is 0.512. The van der Waals surface area contributed by atoms with E-state index in [1.54, 1.807) is 18.2 Å². The third-order valence-corrected chi connectivity index (χ3v) is 4.76. The molecule has 0 aliphatic heterocycles. The molecule has 1 unspecified atom stereocenters. The van der Waals surface area contributed by atoms with E-state index in [0.717, 1.165) is 31.4 Å². The van der Waals surface area contributed by atoms with Gasteiger partial charge in [-0.3, -0.25) is 0 Å². The van der Waals surface area contributed by atoms with Gasteiger partial charge in [0.15, 0.2) is 0 Å². The third-order valence-electron chi connectivity index (χ3n) is 3.24. The molecule has 5 heteroatoms. The summed E-state index contributed by atoms with van der Waals surface area (Å²) < 4.78 is 27.5. The van der Waals surface area contributed by atoms with Gasteiger partial charge in [-0.2, -0.15) is 0 Å². The Balaban J connectivity index is 2.85. The minimum Gasteiger partial charge on any atom is -0.313 e. The van der Waals surface area contributed by atoms with Crippen molar-refractivity contribution in [1.82, 2.24) is 10.0 Å². The highest BCUT2D eigenvalue weighted by Crippen LogP contribution is 2.14. The average molecular weight is 298 g/mol. The molecule has 0 amide bonds. The van der Waals surface area contributed by atoms with Crippen molar-refractivity contribution in [3.05, 3.63) is 29.8 Å². The Morgan fingerprint density at radius 1 is 1.20 bits per heavy atom. The van der Waals surface area contributed by atoms with Crippen LogP contribution in [0.3, 0.4) is 0 Å². The highest BCUT2D eigenvalue weighted by molar-refractivity contribution is 7.89. The minimum absolute atomic E-state index is 0.0161. The summed E-state index contributed by atoms with van der Waals surface area (Å²) >= 11 is 0. The zero-order valence-corrected chi connectivity index (χ0v) is 13.5. The quantitative estimate of drug-likeness (QED) is 0.737. The van der Waals surface area contributed by atoms with Gasteiger partial charge in [0, 0.05) is 12.6 Å². The minimum atomic E-state index is -3.42. The van der Waals surface area contributed by atoms with E-state index in [-0.39, 0.29) is 6.04 Å². The lowest BCUT2D eigenvalue weighted by Gasteiger charge is -2.16. The third kappa shape index (κ3) is 5.23. The maximum Gasteiger partial charge on any atom is 0.240 e. The fraction of sp³-hybridized carbons (Fsp3) is 0.600. The molecule has 0 aliphatic rings. The van der Waals surface area contributed by atoms with Gasteiger partial charge in [0.25, 0.3) is 0 Å². The normalized spacial score (nSPS) is 13.3. The van der Waals surface area contributed by atoms with Gasteiger partial charge in [-0.1, -0.05) is 39.3 Å². The van der Waals surface area contributed by atoms with Crippen LogP contribution in [-0.2, 0) is 16.6 Å². The van der Waals surface area contributed by atoms with Gasteiger partial charge in [0.05, 0.1) is 4.90 Å². The summed E-state index contributed by atoms with van der Waals surface area (Å²) in [5.41, 5.74) is 0.985. The molecule has 0 fully saturated rings. The SMILES string of the molecule is CCCC(CC)NS(=O)(=O)c1cccc(CNCC)c1. The molecule has 1 rings (SSSR count). The monoisotopic (exact) mass is 298 g/mol. The molecule has 1 atom stereocenters. The van der Waals surface area contributed by atoms with Crippen molar-refractivity contribution in [3.8, 4) is 0 Å². The second kappa shape index (κ2) is 8.39. The van der Waals surface area contributed by atoms with Crippen LogP contribution >= 0.6 is 0 Å². The summed E-state index contributed by atoms with van der Waals surface area (Å²) in [6.07, 6.45) is 2.65. The molecule has 2 N–H and O–H groups in total. The summed E-state index contributed by atoms with van der Waals surface area (Å²) in [7, 11) is -3.42. The number of benzene rings is 1. The summed E-state index contributed by atoms with van der Waals surface area (Å²) in [5.74, 6) is 0. The Kier molecular flexibility index (Phi) is 7.19. The second-order valence-corrected chi connectivity index (χ2v) is 6.66. The van der Waals surface area contributed by atoms with Gasteiger partial charge < -0.3 is 5.32 Å². The van der Waals surface area contributed by atoms with E-state index in [1.807, 2.05) is 19.9 Å². The first-order chi connectivity index (χ1) is 9.53. The van der Waals surface area contributed by atoms with Crippen molar-refractivity contribution in [3.63, 3.8) is 0 Å². The molecular formula is C15H26N2O2S. The van der Waals surface area contributed by atoms with Crippen LogP contribution in [0.2, 0.25) is 0 Å². The first-order valence-corrected chi connectivity index (χ1v) is 8.83. The van der Waals surface area contributed by atoms with E-state index in [2.05, 4.69) is 17.0 Å². The molecule has 114 valence electrons. The fourth-order valence-electron chi connectivity index (χ4n) is 2.07. The maximum atomic E-state index is 12.4. The summed E-state index contributed by atoms with van der Waals surface area (Å²) in [5, 5.41) is 3.20. The van der Waals surface area contributed by atoms with Crippen molar-refractivity contribution in [2.45, 2.75) is 57.5 Å². The topological polar surface area (TPSA) is 58.2 Å². The molecule has 0 aromatic heterocycles. The van der Waals surface area contributed by atoms with Gasteiger partial charge >= 0.3 is 0 Å². The number of nitrogens with one attached hydrogen (secondary N) is 2. The van der Waals surface area contributed by atoms with Gasteiger partial charge in [0.1, 0.15) is 0 Å². The Morgan fingerprint density at radius 3 is 2.55 bits per heavy atom. The van der Waals surface area contributed by atoms with E-state index in [0.29, 0.717) is 11.4 Å². The van der Waals surface area contributed by atoms with Gasteiger partial charge in [-0.05, 0) is 37.1 Å². The molecule has 0 heterocycles. The molecule has 0 saturated carbocycles. The van der Waals surface area contributed by atoms with Crippen LogP contribution in [0.5, 0.6) is 0 Å². The van der Waals surface area contributed by atoms with E-state index >= 15 is 0 Å². The average Bonchev–Trinajstić information content (AvgIpc) is 2.44. The maximum absolute atomic E-state index is 12.4. The zero-order chi connectivity index (χ0) is 15.0. The van der Waals surface area contributed by atoms with Crippen molar-refractivity contribution in [2.24, 2.45) is 0 Å². The van der Waals surface area contributed by atoms with Crippen LogP contribution in [0.15, 0.2) is 29.2 Å². The predicted molar refractivity (Wildman–Crippen MR) is 83.1 cm³/mol. The molecule has 0 radical (unpaired) electrons. The molecule has 0 aliphatic carbocycles. The van der Waals surface area contributed by atoms with Crippen molar-refractivity contribution < 1.29 is 8.42 Å². The van der Waals surface area contributed by atoms with Crippen molar-refractivity contribution in [1.29, 1.82) is 0 Å². The number of hydrogen-bond donors (Lipinski definition) is 2. The van der Waals surface area contributed by atoms with Crippen molar-refractivity contribution >= 4 is 10.0 Å². The first kappa shape index (κ1) is 17.1. The number of rotatable bonds is 9. The smallest absolute Gasteiger partial charge is 0.240 e. The Bertz CT molecular complexity index is 500. The molecular weight excluding hydrogens is 272 g/mol. The van der Waals surface area contributed by atoms with E-state index < -0.39 is 10.0 Å². The van der Waals surface area contributed by atoms with Crippen LogP contribution in [0, 0.1) is 0 Å². The zero-order valence-electron chi connectivity index (χ0n) is 12.6. The van der Waals surface area contributed by atoms with E-state index in [4.69, 9.17) is 0 Å². The highest BCUT2D eigenvalue weighted by Gasteiger charge is 2.18. The van der Waals surface area contributed by atoms with Gasteiger partial charge in [0.2, 0.25) is 10.0 Å². The molecule has 1 aromatic carbocycles. The predicted octanol–water partition coefficient (Wildman–Crippen LogP) is 2.65. The van der Waals surface area contributed by atoms with Crippen LogP contribution < -0.4 is 10.0 Å². The van der Waals surface area contributed by atoms with Crippen LogP contribution in [0.4, 0.5) is 0 Å². The number of sulfonamides is 1. The van der Waals surface area contributed by atoms with Gasteiger partial charge in [-0.25, -0.2) is 13.1 Å². The molecule has 0 bridgehead atoms. The van der Waals surface area contributed by atoms with Crippen LogP contribution in [-0.4, -0.2) is 21.0 Å². The lowest BCUT2D eigenvalue weighted by Crippen LogP contribution is -2.34. The Hall–Kier alpha value is -0.910. The Morgan fingerprint density at radius 2 is 1.95 bits per heavy atom. The standard InChI is InChI=1S/C15H26N2O2S/c1-4-8-14(5-2)17-20(18,19)15-10-7-9-13(11-15)12-16-6-3/h7,9-11,14,16-17H,4-6,8,12H2,1-3H3. The van der Waals surface area contributed by atoms with Crippen LogP contribution in [0.25, 0.3) is 0 Å². The van der Waals surface area contributed by atoms with Gasteiger partial charge in [-0.15, -0.1) is 0 Å². The number of hydrogen-bond acceptors (Lipinski definition) is 3. The fourth-order valence-corrected chi connectivity index (χ4v) is 3.50.